The Balaban J connectivity index is 1.32. The summed E-state index contributed by atoms with van der Waals surface area (Å²) in [6, 6.07) is 23.0. The van der Waals surface area contributed by atoms with Gasteiger partial charge in [0.15, 0.2) is 0 Å². The van der Waals surface area contributed by atoms with Crippen molar-refractivity contribution in [2.75, 3.05) is 5.32 Å². The van der Waals surface area contributed by atoms with E-state index in [0.29, 0.717) is 11.4 Å². The molecule has 3 aromatic rings. The van der Waals surface area contributed by atoms with Gasteiger partial charge in [-0.15, -0.1) is 0 Å². The predicted molar refractivity (Wildman–Crippen MR) is 120 cm³/mol. The third kappa shape index (κ3) is 6.04. The molecular weight excluding hydrogens is 412 g/mol. The van der Waals surface area contributed by atoms with E-state index in [9.17, 15) is 13.2 Å². The minimum atomic E-state index is -3.47. The fourth-order valence-corrected chi connectivity index (χ4v) is 4.14. The van der Waals surface area contributed by atoms with Gasteiger partial charge in [0.2, 0.25) is 15.9 Å². The van der Waals surface area contributed by atoms with Crippen molar-refractivity contribution in [3.05, 3.63) is 90.5 Å². The molecule has 0 atom stereocenters. The van der Waals surface area contributed by atoms with Gasteiger partial charge >= 0.3 is 0 Å². The SMILES string of the molecule is O=C(/C=C/c1ccc(S(=O)(=O)NC2CC2)cc1)Nc1ccc(Oc2ccccc2)cc1. The van der Waals surface area contributed by atoms with E-state index in [0.717, 1.165) is 24.2 Å². The molecule has 0 saturated heterocycles. The van der Waals surface area contributed by atoms with Crippen LogP contribution in [0.2, 0.25) is 0 Å². The summed E-state index contributed by atoms with van der Waals surface area (Å²) >= 11 is 0. The van der Waals surface area contributed by atoms with Crippen molar-refractivity contribution < 1.29 is 17.9 Å². The van der Waals surface area contributed by atoms with Crippen molar-refractivity contribution in [1.82, 2.24) is 4.72 Å². The quantitative estimate of drug-likeness (QED) is 0.509. The lowest BCUT2D eigenvalue weighted by molar-refractivity contribution is -0.111. The van der Waals surface area contributed by atoms with Crippen LogP contribution in [-0.2, 0) is 14.8 Å². The van der Waals surface area contributed by atoms with Gasteiger partial charge in [-0.05, 0) is 73.0 Å². The van der Waals surface area contributed by atoms with E-state index in [1.54, 1.807) is 42.5 Å². The lowest BCUT2D eigenvalue weighted by Crippen LogP contribution is -2.25. The third-order valence-corrected chi connectivity index (χ3v) is 6.15. The van der Waals surface area contributed by atoms with Gasteiger partial charge in [0.25, 0.3) is 0 Å². The minimum Gasteiger partial charge on any atom is -0.457 e. The molecule has 0 aromatic heterocycles. The fourth-order valence-electron chi connectivity index (χ4n) is 2.83. The first kappa shape index (κ1) is 20.8. The van der Waals surface area contributed by atoms with Gasteiger partial charge in [0.05, 0.1) is 4.90 Å². The zero-order chi connectivity index (χ0) is 21.7. The van der Waals surface area contributed by atoms with Gasteiger partial charge in [-0.2, -0.15) is 0 Å². The highest BCUT2D eigenvalue weighted by molar-refractivity contribution is 7.89. The van der Waals surface area contributed by atoms with Gasteiger partial charge in [0.1, 0.15) is 11.5 Å². The highest BCUT2D eigenvalue weighted by Crippen LogP contribution is 2.23. The number of nitrogens with one attached hydrogen (secondary N) is 2. The smallest absolute Gasteiger partial charge is 0.248 e. The Morgan fingerprint density at radius 1 is 0.871 bits per heavy atom. The van der Waals surface area contributed by atoms with Crippen molar-refractivity contribution in [3.8, 4) is 11.5 Å². The molecule has 0 bridgehead atoms. The second-order valence-electron chi connectivity index (χ2n) is 7.23. The molecule has 6 nitrogen and oxygen atoms in total. The zero-order valence-corrected chi connectivity index (χ0v) is 17.5. The molecule has 3 aromatic carbocycles. The van der Waals surface area contributed by atoms with Crippen LogP contribution in [0.5, 0.6) is 11.5 Å². The molecule has 1 aliphatic carbocycles. The molecule has 0 aliphatic heterocycles. The van der Waals surface area contributed by atoms with Crippen LogP contribution in [0.15, 0.2) is 89.8 Å². The first-order valence-corrected chi connectivity index (χ1v) is 11.4. The lowest BCUT2D eigenvalue weighted by atomic mass is 10.2. The van der Waals surface area contributed by atoms with Crippen LogP contribution in [-0.4, -0.2) is 20.4 Å². The van der Waals surface area contributed by atoms with E-state index < -0.39 is 10.0 Å². The molecule has 7 heteroatoms. The Morgan fingerprint density at radius 3 is 2.16 bits per heavy atom. The fraction of sp³-hybridized carbons (Fsp3) is 0.125. The van der Waals surface area contributed by atoms with Crippen LogP contribution in [0, 0.1) is 0 Å². The zero-order valence-electron chi connectivity index (χ0n) is 16.7. The molecule has 1 fully saturated rings. The Morgan fingerprint density at radius 2 is 1.52 bits per heavy atom. The molecule has 4 rings (SSSR count). The van der Waals surface area contributed by atoms with Crippen molar-refractivity contribution >= 4 is 27.7 Å². The molecule has 158 valence electrons. The van der Waals surface area contributed by atoms with Crippen molar-refractivity contribution in [2.45, 2.75) is 23.8 Å². The van der Waals surface area contributed by atoms with Crippen LogP contribution in [0.3, 0.4) is 0 Å². The van der Waals surface area contributed by atoms with Crippen molar-refractivity contribution in [3.63, 3.8) is 0 Å². The second kappa shape index (κ2) is 9.16. The Labute approximate surface area is 181 Å². The monoisotopic (exact) mass is 434 g/mol. The summed E-state index contributed by atoms with van der Waals surface area (Å²) in [5, 5.41) is 2.78. The number of carbonyl (C=O) groups is 1. The highest BCUT2D eigenvalue weighted by Gasteiger charge is 2.27. The van der Waals surface area contributed by atoms with Crippen LogP contribution >= 0.6 is 0 Å². The number of para-hydroxylation sites is 1. The van der Waals surface area contributed by atoms with Gasteiger partial charge in [-0.1, -0.05) is 30.3 Å². The van der Waals surface area contributed by atoms with Crippen LogP contribution in [0.25, 0.3) is 6.08 Å². The van der Waals surface area contributed by atoms with E-state index in [-0.39, 0.29) is 16.8 Å². The number of sulfonamides is 1. The number of amides is 1. The minimum absolute atomic E-state index is 0.0623. The topological polar surface area (TPSA) is 84.5 Å². The summed E-state index contributed by atoms with van der Waals surface area (Å²) in [5.41, 5.74) is 1.37. The molecular formula is C24H22N2O4S. The van der Waals surface area contributed by atoms with E-state index in [1.165, 1.54) is 18.2 Å². The number of anilines is 1. The van der Waals surface area contributed by atoms with Crippen molar-refractivity contribution in [1.29, 1.82) is 0 Å². The largest absolute Gasteiger partial charge is 0.457 e. The third-order valence-electron chi connectivity index (χ3n) is 4.62. The molecule has 1 saturated carbocycles. The number of hydrogen-bond donors (Lipinski definition) is 2. The van der Waals surface area contributed by atoms with E-state index >= 15 is 0 Å². The number of ether oxygens (including phenoxy) is 1. The molecule has 0 radical (unpaired) electrons. The van der Waals surface area contributed by atoms with Crippen LogP contribution < -0.4 is 14.8 Å². The first-order chi connectivity index (χ1) is 15.0. The molecule has 0 heterocycles. The van der Waals surface area contributed by atoms with Gasteiger partial charge < -0.3 is 10.1 Å². The summed E-state index contributed by atoms with van der Waals surface area (Å²) in [4.78, 5) is 12.4. The lowest BCUT2D eigenvalue weighted by Gasteiger charge is -2.07. The number of rotatable bonds is 8. The van der Waals surface area contributed by atoms with Gasteiger partial charge in [0, 0.05) is 17.8 Å². The van der Waals surface area contributed by atoms with E-state index in [2.05, 4.69) is 10.0 Å². The van der Waals surface area contributed by atoms with Crippen LogP contribution in [0.4, 0.5) is 5.69 Å². The van der Waals surface area contributed by atoms with E-state index in [1.807, 2.05) is 30.3 Å². The summed E-state index contributed by atoms with van der Waals surface area (Å²) < 4.78 is 32.7. The van der Waals surface area contributed by atoms with Crippen molar-refractivity contribution in [2.24, 2.45) is 0 Å². The number of benzene rings is 3. The number of hydrogen-bond acceptors (Lipinski definition) is 4. The maximum absolute atomic E-state index is 12.2. The summed E-state index contributed by atoms with van der Waals surface area (Å²) in [5.74, 6) is 1.12. The van der Waals surface area contributed by atoms with E-state index in [4.69, 9.17) is 4.74 Å². The standard InChI is InChI=1S/C24H22N2O4S/c27-24(25-19-11-13-22(14-12-19)30-21-4-2-1-3-5-21)17-8-18-6-15-23(16-7-18)31(28,29)26-20-9-10-20/h1-8,11-17,20,26H,9-10H2,(H,25,27)/b17-8+. The highest BCUT2D eigenvalue weighted by atomic mass is 32.2. The molecule has 1 aliphatic rings. The average Bonchev–Trinajstić information content (AvgIpc) is 3.58. The normalized spacial score (nSPS) is 13.8. The molecule has 31 heavy (non-hydrogen) atoms. The maximum atomic E-state index is 12.2. The molecule has 1 amide bonds. The first-order valence-electron chi connectivity index (χ1n) is 9.92. The Kier molecular flexibility index (Phi) is 6.16. The Hall–Kier alpha value is -3.42. The second-order valence-corrected chi connectivity index (χ2v) is 8.94. The maximum Gasteiger partial charge on any atom is 0.248 e. The predicted octanol–water partition coefficient (Wildman–Crippen LogP) is 4.57. The summed E-state index contributed by atoms with van der Waals surface area (Å²) in [7, 11) is -3.47. The molecule has 2 N–H and O–H groups in total. The summed E-state index contributed by atoms with van der Waals surface area (Å²) in [6.07, 6.45) is 4.81. The van der Waals surface area contributed by atoms with Gasteiger partial charge in [-0.25, -0.2) is 13.1 Å². The van der Waals surface area contributed by atoms with Gasteiger partial charge in [-0.3, -0.25) is 4.79 Å². The number of carbonyl (C=O) groups excluding carboxylic acids is 1. The Bertz CT molecular complexity index is 1170. The average molecular weight is 435 g/mol. The summed E-state index contributed by atoms with van der Waals surface area (Å²) in [6.45, 7) is 0. The molecule has 0 spiro atoms. The molecule has 0 unspecified atom stereocenters. The van der Waals surface area contributed by atoms with Crippen LogP contribution in [0.1, 0.15) is 18.4 Å².